The third-order valence-electron chi connectivity index (χ3n) is 2.74. The highest BCUT2D eigenvalue weighted by atomic mass is 79.9. The zero-order valence-electron chi connectivity index (χ0n) is 11.7. The molecule has 0 aliphatic carbocycles. The summed E-state index contributed by atoms with van der Waals surface area (Å²) in [6, 6.07) is 16.5. The van der Waals surface area contributed by atoms with Gasteiger partial charge in [0.05, 0.1) is 6.61 Å². The van der Waals surface area contributed by atoms with Crippen LogP contribution < -0.4 is 10.2 Å². The number of rotatable bonds is 7. The first-order valence-electron chi connectivity index (χ1n) is 6.68. The predicted molar refractivity (Wildman–Crippen MR) is 92.0 cm³/mol. The van der Waals surface area contributed by atoms with Crippen molar-refractivity contribution in [2.45, 2.75) is 11.4 Å². The lowest BCUT2D eigenvalue weighted by Crippen LogP contribution is -2.27. The Labute approximate surface area is 146 Å². The molecule has 2 rings (SSSR count). The summed E-state index contributed by atoms with van der Waals surface area (Å²) < 4.78 is 6.58. The summed E-state index contributed by atoms with van der Waals surface area (Å²) in [5.74, 6) is 0.509. The van der Waals surface area contributed by atoms with Crippen LogP contribution in [0.2, 0.25) is 0 Å². The number of ether oxygens (including phenoxy) is 1. The van der Waals surface area contributed by atoms with E-state index in [9.17, 15) is 4.79 Å². The van der Waals surface area contributed by atoms with Crippen LogP contribution in [-0.2, 0) is 4.84 Å². The van der Waals surface area contributed by atoms with Crippen molar-refractivity contribution in [2.24, 2.45) is 0 Å². The number of carbonyl (C=O) groups is 1. The van der Waals surface area contributed by atoms with Crippen LogP contribution in [0.3, 0.4) is 0 Å². The Kier molecular flexibility index (Phi) is 6.89. The summed E-state index contributed by atoms with van der Waals surface area (Å²) >= 11 is 6.71. The molecule has 4 nitrogen and oxygen atoms in total. The van der Waals surface area contributed by atoms with Crippen LogP contribution in [0.4, 0.5) is 0 Å². The highest BCUT2D eigenvalue weighted by molar-refractivity contribution is 9.10. The second-order valence-electron chi connectivity index (χ2n) is 4.42. The zero-order valence-corrected chi connectivity index (χ0v) is 14.8. The van der Waals surface area contributed by atoms with E-state index < -0.39 is 0 Å². The van der Waals surface area contributed by atoms with E-state index in [1.165, 1.54) is 0 Å². The normalized spacial score (nSPS) is 11.7. The fourth-order valence-electron chi connectivity index (χ4n) is 1.63. The lowest BCUT2D eigenvalue weighted by molar-refractivity contribution is 0.0162. The van der Waals surface area contributed by atoms with Gasteiger partial charge in [0.1, 0.15) is 10.8 Å². The first-order valence-corrected chi connectivity index (χ1v) is 8.39. The summed E-state index contributed by atoms with van der Waals surface area (Å²) in [7, 11) is 0. The monoisotopic (exact) mass is 427 g/mol. The van der Waals surface area contributed by atoms with E-state index in [1.807, 2.05) is 30.3 Å². The largest absolute Gasteiger partial charge is 0.493 e. The van der Waals surface area contributed by atoms with Crippen LogP contribution in [0, 0.1) is 0 Å². The van der Waals surface area contributed by atoms with Crippen molar-refractivity contribution in [1.82, 2.24) is 5.48 Å². The molecule has 2 aromatic carbocycles. The Hall–Kier alpha value is -1.37. The Balaban J connectivity index is 1.66. The van der Waals surface area contributed by atoms with Gasteiger partial charge in [-0.2, -0.15) is 0 Å². The molecule has 116 valence electrons. The molecule has 1 atom stereocenters. The van der Waals surface area contributed by atoms with E-state index in [2.05, 4.69) is 37.3 Å². The molecule has 0 saturated heterocycles. The van der Waals surface area contributed by atoms with Crippen molar-refractivity contribution in [3.63, 3.8) is 0 Å². The van der Waals surface area contributed by atoms with Crippen molar-refractivity contribution in [1.29, 1.82) is 0 Å². The van der Waals surface area contributed by atoms with E-state index in [-0.39, 0.29) is 10.9 Å². The lowest BCUT2D eigenvalue weighted by Gasteiger charge is -2.12. The van der Waals surface area contributed by atoms with E-state index in [4.69, 9.17) is 9.57 Å². The topological polar surface area (TPSA) is 47.6 Å². The highest BCUT2D eigenvalue weighted by Crippen LogP contribution is 2.17. The maximum Gasteiger partial charge on any atom is 0.274 e. The molecular weight excluding hydrogens is 414 g/mol. The molecule has 0 aliphatic rings. The minimum atomic E-state index is -0.324. The Morgan fingerprint density at radius 3 is 2.45 bits per heavy atom. The number of hydrogen-bond acceptors (Lipinski definition) is 3. The van der Waals surface area contributed by atoms with Crippen LogP contribution in [0.5, 0.6) is 5.75 Å². The SMILES string of the molecule is O=C(NOC(Br)CCOc1ccc(Br)cc1)c1ccccc1. The first kappa shape index (κ1) is 17.0. The van der Waals surface area contributed by atoms with Crippen LogP contribution in [0.25, 0.3) is 0 Å². The summed E-state index contributed by atoms with van der Waals surface area (Å²) in [6.45, 7) is 0.471. The third-order valence-corrected chi connectivity index (χ3v) is 3.92. The fourth-order valence-corrected chi connectivity index (χ4v) is 2.17. The third kappa shape index (κ3) is 5.79. The van der Waals surface area contributed by atoms with E-state index >= 15 is 0 Å². The molecule has 0 aliphatic heterocycles. The molecule has 0 heterocycles. The molecule has 0 spiro atoms. The molecule has 2 aromatic rings. The van der Waals surface area contributed by atoms with Gasteiger partial charge in [-0.25, -0.2) is 5.48 Å². The first-order chi connectivity index (χ1) is 10.6. The van der Waals surface area contributed by atoms with Crippen LogP contribution >= 0.6 is 31.9 Å². The van der Waals surface area contributed by atoms with Crippen molar-refractivity contribution in [3.8, 4) is 5.75 Å². The van der Waals surface area contributed by atoms with Gasteiger partial charge in [-0.15, -0.1) is 0 Å². The smallest absolute Gasteiger partial charge is 0.274 e. The van der Waals surface area contributed by atoms with Crippen LogP contribution in [0.15, 0.2) is 59.1 Å². The maximum absolute atomic E-state index is 11.8. The number of carbonyl (C=O) groups excluding carboxylic acids is 1. The Morgan fingerprint density at radius 2 is 1.77 bits per heavy atom. The molecule has 1 N–H and O–H groups in total. The van der Waals surface area contributed by atoms with Crippen molar-refractivity contribution >= 4 is 37.8 Å². The number of alkyl halides is 1. The molecule has 6 heteroatoms. The molecule has 0 bridgehead atoms. The van der Waals surface area contributed by atoms with Gasteiger partial charge in [0.2, 0.25) is 0 Å². The van der Waals surface area contributed by atoms with Crippen LogP contribution in [-0.4, -0.2) is 17.5 Å². The van der Waals surface area contributed by atoms with Gasteiger partial charge in [0.15, 0.2) is 0 Å². The molecular formula is C16H15Br2NO3. The molecule has 0 aromatic heterocycles. The average molecular weight is 429 g/mol. The summed E-state index contributed by atoms with van der Waals surface area (Å²) in [5, 5.41) is -0.324. The Morgan fingerprint density at radius 1 is 1.09 bits per heavy atom. The maximum atomic E-state index is 11.8. The van der Waals surface area contributed by atoms with Gasteiger partial charge in [-0.05, 0) is 36.4 Å². The minimum Gasteiger partial charge on any atom is -0.493 e. The van der Waals surface area contributed by atoms with Gasteiger partial charge in [0.25, 0.3) is 5.91 Å². The zero-order chi connectivity index (χ0) is 15.8. The second kappa shape index (κ2) is 8.92. The number of halogens is 2. The minimum absolute atomic E-state index is 0.279. The fraction of sp³-hybridized carbons (Fsp3) is 0.188. The lowest BCUT2D eigenvalue weighted by atomic mass is 10.2. The van der Waals surface area contributed by atoms with Gasteiger partial charge in [-0.1, -0.05) is 50.1 Å². The number of amides is 1. The quantitative estimate of drug-likeness (QED) is 0.528. The number of benzene rings is 2. The summed E-state index contributed by atoms with van der Waals surface area (Å²) in [6.07, 6.45) is 0.588. The predicted octanol–water partition coefficient (Wildman–Crippen LogP) is 4.30. The van der Waals surface area contributed by atoms with Crippen molar-refractivity contribution in [3.05, 3.63) is 64.6 Å². The van der Waals surface area contributed by atoms with Gasteiger partial charge >= 0.3 is 0 Å². The second-order valence-corrected chi connectivity index (χ2v) is 6.35. The Bertz CT molecular complexity index is 590. The standard InChI is InChI=1S/C16H15Br2NO3/c17-13-6-8-14(9-7-13)21-11-10-15(18)22-19-16(20)12-4-2-1-3-5-12/h1-9,15H,10-11H2,(H,19,20). The molecule has 1 unspecified atom stereocenters. The number of nitrogens with one attached hydrogen (secondary N) is 1. The van der Waals surface area contributed by atoms with Gasteiger partial charge < -0.3 is 4.74 Å². The molecule has 1 amide bonds. The van der Waals surface area contributed by atoms with Gasteiger partial charge in [-0.3, -0.25) is 9.63 Å². The van der Waals surface area contributed by atoms with E-state index in [1.54, 1.807) is 24.3 Å². The van der Waals surface area contributed by atoms with E-state index in [0.717, 1.165) is 10.2 Å². The molecule has 0 radical (unpaired) electrons. The van der Waals surface area contributed by atoms with Crippen molar-refractivity contribution < 1.29 is 14.4 Å². The summed E-state index contributed by atoms with van der Waals surface area (Å²) in [4.78, 5) is 17.0. The number of hydroxylamine groups is 1. The highest BCUT2D eigenvalue weighted by Gasteiger charge is 2.09. The summed E-state index contributed by atoms with van der Waals surface area (Å²) in [5.41, 5.74) is 2.96. The molecule has 22 heavy (non-hydrogen) atoms. The van der Waals surface area contributed by atoms with E-state index in [0.29, 0.717) is 18.6 Å². The van der Waals surface area contributed by atoms with Crippen molar-refractivity contribution in [2.75, 3.05) is 6.61 Å². The molecule has 0 fully saturated rings. The number of hydrogen-bond donors (Lipinski definition) is 1. The van der Waals surface area contributed by atoms with Crippen LogP contribution in [0.1, 0.15) is 16.8 Å². The molecule has 0 saturated carbocycles. The van der Waals surface area contributed by atoms with Gasteiger partial charge in [0, 0.05) is 16.5 Å². The average Bonchev–Trinajstić information content (AvgIpc) is 2.55.